The average molecular weight is 499 g/mol. The van der Waals surface area contributed by atoms with Crippen LogP contribution in [-0.4, -0.2) is 44.1 Å². The highest BCUT2D eigenvalue weighted by atomic mass is 32.2. The molecule has 0 N–H and O–H groups in total. The van der Waals surface area contributed by atoms with Crippen molar-refractivity contribution in [3.05, 3.63) is 44.7 Å². The third-order valence-electron chi connectivity index (χ3n) is 6.53. The van der Waals surface area contributed by atoms with Crippen LogP contribution in [0, 0.1) is 6.92 Å². The number of thiocarbonyl (C=S) groups is 1. The SMILES string of the molecule is CCCCCCCCN1C(=O)C(=Cc2c(N3CCCCC3)nc3ccc(C)cn3c2=O)SC1=S. The van der Waals surface area contributed by atoms with Gasteiger partial charge in [0, 0.05) is 25.8 Å². The van der Waals surface area contributed by atoms with Gasteiger partial charge in [0.2, 0.25) is 0 Å². The number of carbonyl (C=O) groups is 1. The number of unbranched alkanes of at least 4 members (excludes halogenated alkanes) is 5. The fraction of sp³-hybridized carbons (Fsp3) is 0.538. The molecule has 1 amide bonds. The van der Waals surface area contributed by atoms with Gasteiger partial charge < -0.3 is 4.90 Å². The molecule has 0 bridgehead atoms. The Hall–Kier alpha value is -2.19. The molecule has 6 nitrogen and oxygen atoms in total. The molecular formula is C26H34N4O2S2. The van der Waals surface area contributed by atoms with E-state index in [1.54, 1.807) is 15.4 Å². The monoisotopic (exact) mass is 498 g/mol. The molecule has 2 saturated heterocycles. The van der Waals surface area contributed by atoms with Gasteiger partial charge in [-0.15, -0.1) is 0 Å². The fourth-order valence-corrected chi connectivity index (χ4v) is 5.88. The van der Waals surface area contributed by atoms with Gasteiger partial charge in [-0.2, -0.15) is 0 Å². The van der Waals surface area contributed by atoms with Gasteiger partial charge in [-0.1, -0.05) is 69.1 Å². The van der Waals surface area contributed by atoms with Crippen molar-refractivity contribution in [3.8, 4) is 0 Å². The van der Waals surface area contributed by atoms with Crippen LogP contribution < -0.4 is 10.5 Å². The van der Waals surface area contributed by atoms with Crippen molar-refractivity contribution in [1.29, 1.82) is 0 Å². The number of hydrogen-bond acceptors (Lipinski definition) is 6. The van der Waals surface area contributed by atoms with Gasteiger partial charge in [-0.3, -0.25) is 18.9 Å². The van der Waals surface area contributed by atoms with E-state index in [1.807, 2.05) is 25.3 Å². The molecule has 8 heteroatoms. The summed E-state index contributed by atoms with van der Waals surface area (Å²) in [5, 5.41) is 0. The van der Waals surface area contributed by atoms with Crippen molar-refractivity contribution in [1.82, 2.24) is 14.3 Å². The number of rotatable bonds is 9. The molecule has 0 aromatic carbocycles. The molecule has 0 saturated carbocycles. The maximum absolute atomic E-state index is 13.6. The Morgan fingerprint density at radius 3 is 2.56 bits per heavy atom. The lowest BCUT2D eigenvalue weighted by Gasteiger charge is -2.29. The van der Waals surface area contributed by atoms with Crippen molar-refractivity contribution in [2.75, 3.05) is 24.5 Å². The lowest BCUT2D eigenvalue weighted by atomic mass is 10.1. The molecule has 0 radical (unpaired) electrons. The minimum Gasteiger partial charge on any atom is -0.356 e. The first-order valence-corrected chi connectivity index (χ1v) is 13.8. The summed E-state index contributed by atoms with van der Waals surface area (Å²) in [4.78, 5) is 36.1. The van der Waals surface area contributed by atoms with Crippen molar-refractivity contribution < 1.29 is 4.79 Å². The number of anilines is 1. The summed E-state index contributed by atoms with van der Waals surface area (Å²) < 4.78 is 2.17. The van der Waals surface area contributed by atoms with E-state index in [-0.39, 0.29) is 11.5 Å². The van der Waals surface area contributed by atoms with Gasteiger partial charge in [-0.25, -0.2) is 4.98 Å². The third kappa shape index (κ3) is 5.54. The molecule has 0 unspecified atom stereocenters. The molecule has 0 atom stereocenters. The first kappa shape index (κ1) is 24.9. The molecule has 2 fully saturated rings. The zero-order valence-electron chi connectivity index (χ0n) is 20.2. The number of nitrogens with zero attached hydrogens (tertiary/aromatic N) is 4. The number of hydrogen-bond donors (Lipinski definition) is 0. The molecule has 4 heterocycles. The zero-order chi connectivity index (χ0) is 24.1. The van der Waals surface area contributed by atoms with Crippen LogP contribution >= 0.6 is 24.0 Å². The number of thioether (sulfide) groups is 1. The summed E-state index contributed by atoms with van der Waals surface area (Å²) in [5.74, 6) is 0.580. The maximum atomic E-state index is 13.6. The number of pyridine rings is 1. The van der Waals surface area contributed by atoms with Crippen molar-refractivity contribution in [3.63, 3.8) is 0 Å². The van der Waals surface area contributed by atoms with Gasteiger partial charge in [-0.05, 0) is 50.3 Å². The Labute approximate surface area is 211 Å². The number of aromatic nitrogens is 2. The first-order valence-electron chi connectivity index (χ1n) is 12.5. The molecule has 2 aromatic rings. The van der Waals surface area contributed by atoms with Gasteiger partial charge in [0.25, 0.3) is 11.5 Å². The van der Waals surface area contributed by atoms with E-state index in [2.05, 4.69) is 11.8 Å². The van der Waals surface area contributed by atoms with Crippen LogP contribution in [0.15, 0.2) is 28.0 Å². The number of amides is 1. The Kier molecular flexibility index (Phi) is 8.42. The molecule has 2 aliphatic rings. The summed E-state index contributed by atoms with van der Waals surface area (Å²) in [7, 11) is 0. The van der Waals surface area contributed by atoms with E-state index in [0.29, 0.717) is 32.8 Å². The molecule has 2 aliphatic heterocycles. The Morgan fingerprint density at radius 1 is 1.06 bits per heavy atom. The van der Waals surface area contributed by atoms with Crippen molar-refractivity contribution in [2.45, 2.75) is 71.6 Å². The highest BCUT2D eigenvalue weighted by Gasteiger charge is 2.32. The van der Waals surface area contributed by atoms with Crippen LogP contribution in [-0.2, 0) is 4.79 Å². The highest BCUT2D eigenvalue weighted by molar-refractivity contribution is 8.26. The summed E-state index contributed by atoms with van der Waals surface area (Å²) in [5.41, 5.74) is 1.95. The van der Waals surface area contributed by atoms with Gasteiger partial charge >= 0.3 is 0 Å². The van der Waals surface area contributed by atoms with Crippen molar-refractivity contribution in [2.24, 2.45) is 0 Å². The number of piperidine rings is 1. The Balaban J connectivity index is 1.62. The van der Waals surface area contributed by atoms with E-state index in [0.717, 1.165) is 44.3 Å². The minimum absolute atomic E-state index is 0.0955. The topological polar surface area (TPSA) is 57.9 Å². The van der Waals surface area contributed by atoms with Gasteiger partial charge in [0.05, 0.1) is 10.5 Å². The number of fused-ring (bicyclic) bond motifs is 1. The smallest absolute Gasteiger partial charge is 0.267 e. The fourth-order valence-electron chi connectivity index (χ4n) is 4.59. The van der Waals surface area contributed by atoms with Gasteiger partial charge in [0.15, 0.2) is 0 Å². The van der Waals surface area contributed by atoms with Crippen LogP contribution in [0.25, 0.3) is 11.7 Å². The van der Waals surface area contributed by atoms with Crippen molar-refractivity contribution >= 4 is 51.7 Å². The minimum atomic E-state index is -0.143. The second-order valence-corrected chi connectivity index (χ2v) is 10.9. The molecule has 4 rings (SSSR count). The van der Waals surface area contributed by atoms with Crippen LogP contribution in [0.1, 0.15) is 75.8 Å². The lowest BCUT2D eigenvalue weighted by Crippen LogP contribution is -2.33. The Bertz CT molecular complexity index is 1150. The summed E-state index contributed by atoms with van der Waals surface area (Å²) >= 11 is 6.83. The molecule has 0 spiro atoms. The summed E-state index contributed by atoms with van der Waals surface area (Å²) in [6.45, 7) is 6.54. The number of carbonyl (C=O) groups excluding carboxylic acids is 1. The molecule has 34 heavy (non-hydrogen) atoms. The van der Waals surface area contributed by atoms with E-state index in [1.165, 1.54) is 43.9 Å². The molecule has 2 aromatic heterocycles. The largest absolute Gasteiger partial charge is 0.356 e. The molecular weight excluding hydrogens is 464 g/mol. The standard InChI is InChI=1S/C26H34N4O2S2/c1-3-4-5-6-7-11-16-29-25(32)21(34-26(29)33)17-20-23(28-14-9-8-10-15-28)27-22-13-12-19(2)18-30(22)24(20)31/h12-13,17-18H,3-11,14-16H2,1-2H3. The molecule has 0 aliphatic carbocycles. The first-order chi connectivity index (χ1) is 16.5. The quantitative estimate of drug-likeness (QED) is 0.256. The number of aryl methyl sites for hydroxylation is 1. The predicted octanol–water partition coefficient (Wildman–Crippen LogP) is 5.55. The van der Waals surface area contributed by atoms with E-state index in [4.69, 9.17) is 17.2 Å². The average Bonchev–Trinajstić information content (AvgIpc) is 3.11. The molecule has 182 valence electrons. The van der Waals surface area contributed by atoms with Crippen LogP contribution in [0.2, 0.25) is 0 Å². The van der Waals surface area contributed by atoms with Crippen LogP contribution in [0.3, 0.4) is 0 Å². The maximum Gasteiger partial charge on any atom is 0.267 e. The zero-order valence-corrected chi connectivity index (χ0v) is 21.8. The normalized spacial score (nSPS) is 18.0. The van der Waals surface area contributed by atoms with Crippen LogP contribution in [0.4, 0.5) is 5.82 Å². The Morgan fingerprint density at radius 2 is 1.79 bits per heavy atom. The second kappa shape index (κ2) is 11.5. The summed E-state index contributed by atoms with van der Waals surface area (Å²) in [6.07, 6.45) is 13.9. The summed E-state index contributed by atoms with van der Waals surface area (Å²) in [6, 6.07) is 3.85. The van der Waals surface area contributed by atoms with Crippen LogP contribution in [0.5, 0.6) is 0 Å². The predicted molar refractivity (Wildman–Crippen MR) is 146 cm³/mol. The second-order valence-electron chi connectivity index (χ2n) is 9.24. The van der Waals surface area contributed by atoms with E-state index >= 15 is 0 Å². The van der Waals surface area contributed by atoms with E-state index < -0.39 is 0 Å². The highest BCUT2D eigenvalue weighted by Crippen LogP contribution is 2.34. The van der Waals surface area contributed by atoms with E-state index in [9.17, 15) is 9.59 Å². The van der Waals surface area contributed by atoms with Gasteiger partial charge in [0.1, 0.15) is 15.8 Å². The lowest BCUT2D eigenvalue weighted by molar-refractivity contribution is -0.122. The third-order valence-corrected chi connectivity index (χ3v) is 7.90.